The second-order valence-electron chi connectivity index (χ2n) is 5.80. The lowest BCUT2D eigenvalue weighted by molar-refractivity contribution is 0.890. The van der Waals surface area contributed by atoms with Crippen LogP contribution in [0.4, 0.5) is 0 Å². The minimum absolute atomic E-state index is 0.0229. The zero-order valence-electron chi connectivity index (χ0n) is 13.2. The van der Waals surface area contributed by atoms with E-state index in [2.05, 4.69) is 97.9 Å². The van der Waals surface area contributed by atoms with Crippen molar-refractivity contribution in [3.05, 3.63) is 97.9 Å². The summed E-state index contributed by atoms with van der Waals surface area (Å²) < 4.78 is 0. The number of benzene rings is 3. The molecule has 0 aliphatic rings. The van der Waals surface area contributed by atoms with E-state index in [1.54, 1.807) is 0 Å². The van der Waals surface area contributed by atoms with Crippen LogP contribution in [0.3, 0.4) is 0 Å². The van der Waals surface area contributed by atoms with Crippen LogP contribution in [0, 0.1) is 6.92 Å². The molecule has 1 radical (unpaired) electrons. The molecule has 23 heavy (non-hydrogen) atoms. The molecule has 1 atom stereocenters. The average Bonchev–Trinajstić information content (AvgIpc) is 2.65. The molecule has 0 bridgehead atoms. The van der Waals surface area contributed by atoms with E-state index in [-0.39, 0.29) is 5.67 Å². The van der Waals surface area contributed by atoms with Gasteiger partial charge in [-0.05, 0) is 22.0 Å². The fourth-order valence-corrected chi connectivity index (χ4v) is 8.33. The third-order valence-electron chi connectivity index (χ3n) is 4.55. The minimum Gasteiger partial charge on any atom is -0.329 e. The van der Waals surface area contributed by atoms with E-state index in [9.17, 15) is 0 Å². The van der Waals surface area contributed by atoms with Gasteiger partial charge in [0.2, 0.25) is 0 Å². The summed E-state index contributed by atoms with van der Waals surface area (Å²) in [6.07, 6.45) is 0.713. The quantitative estimate of drug-likeness (QED) is 0.567. The average molecular weight is 316 g/mol. The summed E-state index contributed by atoms with van der Waals surface area (Å²) in [5.74, 6) is 0. The van der Waals surface area contributed by atoms with Crippen LogP contribution in [-0.4, -0.2) is 13.7 Å². The molecule has 3 aromatic rings. The second kappa shape index (κ2) is 6.94. The Morgan fingerprint density at radius 1 is 0.652 bits per heavy atom. The molecule has 0 saturated heterocycles. The fraction of sp³-hybridized carbons (Fsp3) is 0.0952. The molecule has 2 N–H and O–H groups in total. The first kappa shape index (κ1) is 15.7. The lowest BCUT2D eigenvalue weighted by Crippen LogP contribution is -2.76. The smallest absolute Gasteiger partial charge is 0.164 e. The Kier molecular flexibility index (Phi) is 4.75. The lowest BCUT2D eigenvalue weighted by Gasteiger charge is -2.38. The highest BCUT2D eigenvalue weighted by Gasteiger charge is 2.43. The summed E-state index contributed by atoms with van der Waals surface area (Å²) in [6.45, 7) is 4.14. The first-order valence-electron chi connectivity index (χ1n) is 8.01. The molecule has 1 nitrogen and oxygen atoms in total. The van der Waals surface area contributed by atoms with Crippen molar-refractivity contribution in [1.82, 2.24) is 0 Å². The monoisotopic (exact) mass is 316 g/mol. The highest BCUT2D eigenvalue weighted by Crippen LogP contribution is 2.13. The van der Waals surface area contributed by atoms with Gasteiger partial charge in [-0.2, -0.15) is 0 Å². The Labute approximate surface area is 139 Å². The molecule has 0 heterocycles. The molecule has 0 aliphatic carbocycles. The summed E-state index contributed by atoms with van der Waals surface area (Å²) >= 11 is 0. The van der Waals surface area contributed by atoms with Gasteiger partial charge in [-0.3, -0.25) is 0 Å². The van der Waals surface area contributed by atoms with Crippen molar-refractivity contribution in [3.8, 4) is 0 Å². The zero-order chi connectivity index (χ0) is 16.1. The Morgan fingerprint density at radius 3 is 1.22 bits per heavy atom. The third kappa shape index (κ3) is 2.76. The van der Waals surface area contributed by atoms with Crippen molar-refractivity contribution in [2.24, 2.45) is 5.73 Å². The fourth-order valence-electron chi connectivity index (χ4n) is 3.46. The summed E-state index contributed by atoms with van der Waals surface area (Å²) in [7, 11) is -2.31. The first-order chi connectivity index (χ1) is 11.3. The molecule has 0 fully saturated rings. The normalized spacial score (nSPS) is 12.8. The van der Waals surface area contributed by atoms with Crippen LogP contribution in [0.15, 0.2) is 91.0 Å². The summed E-state index contributed by atoms with van der Waals surface area (Å²) in [5.41, 5.74) is 6.77. The maximum Gasteiger partial charge on any atom is 0.164 e. The van der Waals surface area contributed by atoms with E-state index in [0.717, 1.165) is 0 Å². The number of hydrogen-bond acceptors (Lipinski definition) is 1. The van der Waals surface area contributed by atoms with Crippen molar-refractivity contribution in [1.29, 1.82) is 0 Å². The molecule has 0 saturated carbocycles. The predicted molar refractivity (Wildman–Crippen MR) is 102 cm³/mol. The van der Waals surface area contributed by atoms with Crippen LogP contribution in [0.25, 0.3) is 0 Å². The topological polar surface area (TPSA) is 26.0 Å². The van der Waals surface area contributed by atoms with Gasteiger partial charge in [-0.1, -0.05) is 97.9 Å². The zero-order valence-corrected chi connectivity index (χ0v) is 14.2. The lowest BCUT2D eigenvalue weighted by atomic mass is 10.3. The van der Waals surface area contributed by atoms with Gasteiger partial charge in [0, 0.05) is 5.67 Å². The molecule has 0 aliphatic heterocycles. The maximum absolute atomic E-state index is 6.75. The molecule has 3 rings (SSSR count). The molecular weight excluding hydrogens is 294 g/mol. The van der Waals surface area contributed by atoms with Gasteiger partial charge < -0.3 is 5.73 Å². The van der Waals surface area contributed by atoms with Gasteiger partial charge in [0.25, 0.3) is 0 Å². The van der Waals surface area contributed by atoms with Gasteiger partial charge in [0.05, 0.1) is 0 Å². The molecular formula is C21H22NSi. The van der Waals surface area contributed by atoms with E-state index < -0.39 is 8.07 Å². The van der Waals surface area contributed by atoms with Gasteiger partial charge in [-0.15, -0.1) is 0 Å². The van der Waals surface area contributed by atoms with E-state index >= 15 is 0 Å². The number of nitrogens with two attached hydrogens (primary N) is 1. The van der Waals surface area contributed by atoms with Gasteiger partial charge in [0.15, 0.2) is 8.07 Å². The highest BCUT2D eigenvalue weighted by atomic mass is 28.3. The van der Waals surface area contributed by atoms with Crippen molar-refractivity contribution in [2.75, 3.05) is 0 Å². The standard InChI is InChI=1S/C21H22NSi/c1-2-21(22)23(18-12-6-3-7-13-18,19-14-8-4-9-15-19)20-16-10-5-11-17-20/h3-17,21H,1-2,22H2. The largest absolute Gasteiger partial charge is 0.329 e. The van der Waals surface area contributed by atoms with Crippen LogP contribution >= 0.6 is 0 Å². The van der Waals surface area contributed by atoms with E-state index in [1.807, 2.05) is 0 Å². The van der Waals surface area contributed by atoms with Crippen LogP contribution in [-0.2, 0) is 0 Å². The third-order valence-corrected chi connectivity index (χ3v) is 9.69. The van der Waals surface area contributed by atoms with Crippen LogP contribution < -0.4 is 21.3 Å². The van der Waals surface area contributed by atoms with E-state index in [0.29, 0.717) is 6.42 Å². The molecule has 2 heteroatoms. The highest BCUT2D eigenvalue weighted by molar-refractivity contribution is 7.12. The second-order valence-corrected chi connectivity index (χ2v) is 9.89. The van der Waals surface area contributed by atoms with E-state index in [4.69, 9.17) is 5.73 Å². The Morgan fingerprint density at radius 2 is 0.957 bits per heavy atom. The van der Waals surface area contributed by atoms with Gasteiger partial charge in [0.1, 0.15) is 0 Å². The maximum atomic E-state index is 6.75. The van der Waals surface area contributed by atoms with E-state index in [1.165, 1.54) is 15.6 Å². The van der Waals surface area contributed by atoms with Crippen LogP contribution in [0.1, 0.15) is 6.42 Å². The predicted octanol–water partition coefficient (Wildman–Crippen LogP) is 2.25. The minimum atomic E-state index is -2.31. The first-order valence-corrected chi connectivity index (χ1v) is 10.1. The molecule has 3 aromatic carbocycles. The number of rotatable bonds is 5. The Hall–Kier alpha value is -2.16. The molecule has 1 unspecified atom stereocenters. The molecule has 0 amide bonds. The molecule has 0 aromatic heterocycles. The Bertz CT molecular complexity index is 629. The molecule has 115 valence electrons. The summed E-state index contributed by atoms with van der Waals surface area (Å²) in [5, 5.41) is 4.02. The van der Waals surface area contributed by atoms with Gasteiger partial charge >= 0.3 is 0 Å². The summed E-state index contributed by atoms with van der Waals surface area (Å²) in [4.78, 5) is 0. The van der Waals surface area contributed by atoms with Gasteiger partial charge in [-0.25, -0.2) is 0 Å². The molecule has 0 spiro atoms. The van der Waals surface area contributed by atoms with Crippen molar-refractivity contribution < 1.29 is 0 Å². The SMILES string of the molecule is [CH2]CC(N)[Si](c1ccccc1)(c1ccccc1)c1ccccc1. The Balaban J connectivity index is 2.35. The van der Waals surface area contributed by atoms with Crippen molar-refractivity contribution in [3.63, 3.8) is 0 Å². The summed E-state index contributed by atoms with van der Waals surface area (Å²) in [6, 6.07) is 32.2. The van der Waals surface area contributed by atoms with Crippen molar-refractivity contribution in [2.45, 2.75) is 12.1 Å². The van der Waals surface area contributed by atoms with Crippen molar-refractivity contribution >= 4 is 23.6 Å². The van der Waals surface area contributed by atoms with Crippen LogP contribution in [0.5, 0.6) is 0 Å². The number of hydrogen-bond donors (Lipinski definition) is 1. The van der Waals surface area contributed by atoms with Crippen LogP contribution in [0.2, 0.25) is 0 Å².